The minimum Gasteiger partial charge on any atom is -0.420 e. The molecule has 0 saturated carbocycles. The van der Waals surface area contributed by atoms with Crippen LogP contribution in [0.1, 0.15) is 23.6 Å². The predicted octanol–water partition coefficient (Wildman–Crippen LogP) is 3.12. The van der Waals surface area contributed by atoms with Crippen LogP contribution >= 0.6 is 0 Å². The predicted molar refractivity (Wildman–Crippen MR) is 111 cm³/mol. The van der Waals surface area contributed by atoms with Crippen molar-refractivity contribution in [3.8, 4) is 23.2 Å². The number of hydrogen-bond acceptors (Lipinski definition) is 5. The molecule has 2 aromatic carbocycles. The molecule has 2 aliphatic rings. The van der Waals surface area contributed by atoms with Gasteiger partial charge in [-0.3, -0.25) is 9.89 Å². The van der Waals surface area contributed by atoms with Crippen LogP contribution in [0.4, 0.5) is 5.69 Å². The third kappa shape index (κ3) is 2.08. The maximum atomic E-state index is 14.0. The van der Waals surface area contributed by atoms with Crippen molar-refractivity contribution < 1.29 is 9.53 Å². The number of carbonyl (C=O) groups excluding carboxylic acids is 1. The Labute approximate surface area is 173 Å². The zero-order chi connectivity index (χ0) is 21.0. The number of anilines is 1. The van der Waals surface area contributed by atoms with Gasteiger partial charge >= 0.3 is 0 Å². The number of aromatic amines is 1. The van der Waals surface area contributed by atoms with E-state index in [2.05, 4.69) is 16.3 Å². The monoisotopic (exact) mass is 397 g/mol. The molecule has 3 heterocycles. The van der Waals surface area contributed by atoms with E-state index in [-0.39, 0.29) is 23.2 Å². The molecule has 0 aliphatic carbocycles. The molecular formula is C23H19N5O2. The van der Waals surface area contributed by atoms with Crippen LogP contribution in [0.15, 0.2) is 60.0 Å². The fraction of sp³-hybridized carbons (Fsp3) is 0.174. The van der Waals surface area contributed by atoms with Gasteiger partial charge in [-0.1, -0.05) is 48.0 Å². The third-order valence-electron chi connectivity index (χ3n) is 5.87. The number of nitrogens with two attached hydrogens (primary N) is 1. The molecule has 0 bridgehead atoms. The molecule has 1 spiro atoms. The van der Waals surface area contributed by atoms with Crippen molar-refractivity contribution in [1.29, 1.82) is 5.26 Å². The minimum atomic E-state index is -1.41. The van der Waals surface area contributed by atoms with Crippen molar-refractivity contribution in [2.45, 2.75) is 19.3 Å². The number of nitrogens with one attached hydrogen (secondary N) is 1. The molecule has 0 fully saturated rings. The number of carbonyl (C=O) groups is 1. The van der Waals surface area contributed by atoms with E-state index >= 15 is 0 Å². The number of nitriles is 1. The highest BCUT2D eigenvalue weighted by Gasteiger charge is 2.60. The summed E-state index contributed by atoms with van der Waals surface area (Å²) in [4.78, 5) is 15.7. The van der Waals surface area contributed by atoms with E-state index in [9.17, 15) is 10.1 Å². The number of ether oxygens (including phenoxy) is 1. The molecule has 30 heavy (non-hydrogen) atoms. The van der Waals surface area contributed by atoms with Gasteiger partial charge in [-0.15, -0.1) is 5.10 Å². The number of nitrogens with zero attached hydrogens (tertiary/aromatic N) is 3. The molecule has 1 amide bonds. The van der Waals surface area contributed by atoms with E-state index in [0.29, 0.717) is 23.4 Å². The molecule has 7 nitrogen and oxygen atoms in total. The first-order valence-corrected chi connectivity index (χ1v) is 9.69. The summed E-state index contributed by atoms with van der Waals surface area (Å²) in [7, 11) is 0. The minimum absolute atomic E-state index is 0.0816. The molecule has 3 aromatic rings. The van der Waals surface area contributed by atoms with Crippen LogP contribution < -0.4 is 15.4 Å². The van der Waals surface area contributed by atoms with E-state index in [1.54, 1.807) is 4.90 Å². The largest absolute Gasteiger partial charge is 0.420 e. The molecular weight excluding hydrogens is 378 g/mol. The van der Waals surface area contributed by atoms with Crippen LogP contribution in [-0.2, 0) is 10.2 Å². The lowest BCUT2D eigenvalue weighted by atomic mass is 9.68. The third-order valence-corrected chi connectivity index (χ3v) is 5.87. The quantitative estimate of drug-likeness (QED) is 0.691. The lowest BCUT2D eigenvalue weighted by Gasteiger charge is -2.32. The van der Waals surface area contributed by atoms with Crippen LogP contribution in [0.3, 0.4) is 0 Å². The van der Waals surface area contributed by atoms with Crippen LogP contribution in [0.5, 0.6) is 5.88 Å². The van der Waals surface area contributed by atoms with Crippen molar-refractivity contribution in [2.24, 2.45) is 5.73 Å². The SMILES string of the molecule is CCN1C(=O)C2(C(C#N)=C(N)Oc3n[nH]c(-c4ccc(C)cc4)c32)c2ccccc21. The number of para-hydroxylation sites is 1. The highest BCUT2D eigenvalue weighted by atomic mass is 16.5. The number of hydrogen-bond donors (Lipinski definition) is 2. The van der Waals surface area contributed by atoms with Crippen LogP contribution in [-0.4, -0.2) is 22.6 Å². The second-order valence-corrected chi connectivity index (χ2v) is 7.41. The molecule has 7 heteroatoms. The van der Waals surface area contributed by atoms with E-state index in [1.807, 2.05) is 62.4 Å². The van der Waals surface area contributed by atoms with Crippen molar-refractivity contribution in [2.75, 3.05) is 11.4 Å². The fourth-order valence-corrected chi connectivity index (χ4v) is 4.53. The first-order valence-electron chi connectivity index (χ1n) is 9.69. The number of likely N-dealkylation sites (N-methyl/N-ethyl adjacent to an activating group) is 1. The molecule has 0 radical (unpaired) electrons. The maximum absolute atomic E-state index is 14.0. The van der Waals surface area contributed by atoms with Crippen LogP contribution in [0.25, 0.3) is 11.3 Å². The Morgan fingerprint density at radius 2 is 1.97 bits per heavy atom. The first-order chi connectivity index (χ1) is 14.5. The van der Waals surface area contributed by atoms with Crippen molar-refractivity contribution >= 4 is 11.6 Å². The first kappa shape index (κ1) is 18.0. The van der Waals surface area contributed by atoms with Crippen molar-refractivity contribution in [1.82, 2.24) is 10.2 Å². The summed E-state index contributed by atoms with van der Waals surface area (Å²) in [6, 6.07) is 17.5. The van der Waals surface area contributed by atoms with Gasteiger partial charge in [-0.2, -0.15) is 5.26 Å². The standard InChI is InChI=1S/C23H19N5O2/c1-3-28-17-7-5-4-6-15(17)23(22(28)29)16(12-24)20(25)30-21-18(23)19(26-27-21)14-10-8-13(2)9-11-14/h4-11H,3,25H2,1-2H3,(H,26,27). The summed E-state index contributed by atoms with van der Waals surface area (Å²) in [5.41, 5.74) is 9.38. The highest BCUT2D eigenvalue weighted by molar-refractivity contribution is 6.15. The van der Waals surface area contributed by atoms with Gasteiger partial charge in [0.25, 0.3) is 0 Å². The second-order valence-electron chi connectivity index (χ2n) is 7.41. The summed E-state index contributed by atoms with van der Waals surface area (Å²) < 4.78 is 5.70. The topological polar surface area (TPSA) is 108 Å². The van der Waals surface area contributed by atoms with E-state index in [0.717, 1.165) is 16.8 Å². The fourth-order valence-electron chi connectivity index (χ4n) is 4.53. The summed E-state index contributed by atoms with van der Waals surface area (Å²) in [6.45, 7) is 4.37. The summed E-state index contributed by atoms with van der Waals surface area (Å²) >= 11 is 0. The Morgan fingerprint density at radius 3 is 2.67 bits per heavy atom. The Kier molecular flexibility index (Phi) is 3.74. The maximum Gasteiger partial charge on any atom is 0.247 e. The molecule has 5 rings (SSSR count). The number of fused-ring (bicyclic) bond motifs is 4. The Bertz CT molecular complexity index is 1270. The molecule has 1 unspecified atom stereocenters. The normalized spacial score (nSPS) is 19.5. The molecule has 1 atom stereocenters. The molecule has 0 saturated heterocycles. The summed E-state index contributed by atoms with van der Waals surface area (Å²) in [5, 5.41) is 17.4. The average Bonchev–Trinajstić information content (AvgIpc) is 3.27. The summed E-state index contributed by atoms with van der Waals surface area (Å²) in [6.07, 6.45) is 0. The van der Waals surface area contributed by atoms with Gasteiger partial charge in [0.05, 0.1) is 11.3 Å². The van der Waals surface area contributed by atoms with Gasteiger partial charge in [-0.25, -0.2) is 0 Å². The van der Waals surface area contributed by atoms with E-state index < -0.39 is 5.41 Å². The Morgan fingerprint density at radius 1 is 1.23 bits per heavy atom. The van der Waals surface area contributed by atoms with Crippen LogP contribution in [0, 0.1) is 18.3 Å². The number of amides is 1. The smallest absolute Gasteiger partial charge is 0.247 e. The van der Waals surface area contributed by atoms with Crippen molar-refractivity contribution in [3.05, 3.63) is 76.7 Å². The van der Waals surface area contributed by atoms with Crippen LogP contribution in [0.2, 0.25) is 0 Å². The second kappa shape index (κ2) is 6.22. The van der Waals surface area contributed by atoms with Crippen molar-refractivity contribution in [3.63, 3.8) is 0 Å². The molecule has 2 aliphatic heterocycles. The lowest BCUT2D eigenvalue weighted by Crippen LogP contribution is -2.45. The van der Waals surface area contributed by atoms with Gasteiger partial charge < -0.3 is 15.4 Å². The molecule has 3 N–H and O–H groups in total. The Hall–Kier alpha value is -4.05. The molecule has 148 valence electrons. The number of aromatic nitrogens is 2. The van der Waals surface area contributed by atoms with Gasteiger partial charge in [-0.05, 0) is 19.9 Å². The number of rotatable bonds is 2. The zero-order valence-electron chi connectivity index (χ0n) is 16.6. The number of H-pyrrole nitrogens is 1. The highest BCUT2D eigenvalue weighted by Crippen LogP contribution is 2.56. The number of aryl methyl sites for hydroxylation is 1. The van der Waals surface area contributed by atoms with Gasteiger partial charge in [0, 0.05) is 23.4 Å². The Balaban J connectivity index is 1.90. The van der Waals surface area contributed by atoms with Gasteiger partial charge in [0.2, 0.25) is 17.7 Å². The van der Waals surface area contributed by atoms with Gasteiger partial charge in [0.15, 0.2) is 0 Å². The molecule has 1 aromatic heterocycles. The average molecular weight is 397 g/mol. The lowest BCUT2D eigenvalue weighted by molar-refractivity contribution is -0.120. The zero-order valence-corrected chi connectivity index (χ0v) is 16.6. The summed E-state index contributed by atoms with van der Waals surface area (Å²) in [5.74, 6) is -0.124. The van der Waals surface area contributed by atoms with Gasteiger partial charge in [0.1, 0.15) is 17.1 Å². The van der Waals surface area contributed by atoms with E-state index in [1.165, 1.54) is 0 Å². The van der Waals surface area contributed by atoms with E-state index in [4.69, 9.17) is 10.5 Å². The number of benzene rings is 2.